The van der Waals surface area contributed by atoms with Gasteiger partial charge >= 0.3 is 0 Å². The maximum Gasteiger partial charge on any atom is 0.264 e. The van der Waals surface area contributed by atoms with Crippen molar-refractivity contribution in [2.24, 2.45) is 0 Å². The molecular formula is C17H20N2O5S2. The maximum atomic E-state index is 13.0. The molecule has 1 aliphatic rings. The number of benzene rings is 1. The van der Waals surface area contributed by atoms with E-state index in [1.165, 1.54) is 35.9 Å². The van der Waals surface area contributed by atoms with E-state index in [1.54, 1.807) is 23.1 Å². The molecule has 0 radical (unpaired) electrons. The zero-order chi connectivity index (χ0) is 18.7. The van der Waals surface area contributed by atoms with Gasteiger partial charge in [0.05, 0.1) is 19.1 Å². The molecule has 0 bridgehead atoms. The monoisotopic (exact) mass is 396 g/mol. The van der Waals surface area contributed by atoms with Crippen LogP contribution in [0.2, 0.25) is 0 Å². The third-order valence-electron chi connectivity index (χ3n) is 4.25. The smallest absolute Gasteiger partial charge is 0.264 e. The summed E-state index contributed by atoms with van der Waals surface area (Å²) in [6.07, 6.45) is 0. The number of rotatable bonds is 5. The molecule has 7 nitrogen and oxygen atoms in total. The highest BCUT2D eigenvalue weighted by Gasteiger charge is 2.32. The first-order valence-corrected chi connectivity index (χ1v) is 10.3. The van der Waals surface area contributed by atoms with Crippen LogP contribution in [0.15, 0.2) is 40.6 Å². The number of piperazine rings is 1. The summed E-state index contributed by atoms with van der Waals surface area (Å²) in [5.74, 6) is 0.648. The van der Waals surface area contributed by atoms with Gasteiger partial charge in [0, 0.05) is 32.2 Å². The lowest BCUT2D eigenvalue weighted by Gasteiger charge is -2.34. The van der Waals surface area contributed by atoms with E-state index in [0.29, 0.717) is 23.7 Å². The van der Waals surface area contributed by atoms with Crippen LogP contribution >= 0.6 is 11.3 Å². The van der Waals surface area contributed by atoms with Crippen LogP contribution in [0, 0.1) is 0 Å². The minimum absolute atomic E-state index is 0.0593. The van der Waals surface area contributed by atoms with Gasteiger partial charge in [-0.2, -0.15) is 4.31 Å². The van der Waals surface area contributed by atoms with Gasteiger partial charge in [-0.05, 0) is 23.6 Å². The normalized spacial score (nSPS) is 15.7. The van der Waals surface area contributed by atoms with Crippen LogP contribution in [0.5, 0.6) is 11.5 Å². The number of sulfonamides is 1. The van der Waals surface area contributed by atoms with Crippen molar-refractivity contribution >= 4 is 27.3 Å². The summed E-state index contributed by atoms with van der Waals surface area (Å²) in [4.78, 5) is 14.8. The largest absolute Gasteiger partial charge is 0.497 e. The van der Waals surface area contributed by atoms with Crippen LogP contribution < -0.4 is 9.47 Å². The molecule has 9 heteroatoms. The van der Waals surface area contributed by atoms with E-state index >= 15 is 0 Å². The number of ether oxygens (including phenoxy) is 2. The van der Waals surface area contributed by atoms with Crippen molar-refractivity contribution in [1.82, 2.24) is 9.21 Å². The molecule has 0 saturated carbocycles. The SMILES string of the molecule is COc1ccc(OC)c(S(=O)(=O)N2CCN(C(=O)c3cccs3)CC2)c1. The zero-order valence-corrected chi connectivity index (χ0v) is 16.2. The molecule has 1 aliphatic heterocycles. The van der Waals surface area contributed by atoms with Gasteiger partial charge in [0.1, 0.15) is 16.4 Å². The molecule has 26 heavy (non-hydrogen) atoms. The Morgan fingerprint density at radius 3 is 2.38 bits per heavy atom. The average molecular weight is 396 g/mol. The Hall–Kier alpha value is -2.10. The molecule has 0 unspecified atom stereocenters. The van der Waals surface area contributed by atoms with Crippen molar-refractivity contribution in [2.75, 3.05) is 40.4 Å². The summed E-state index contributed by atoms with van der Waals surface area (Å²) in [6, 6.07) is 8.28. The molecule has 1 aromatic carbocycles. The standard InChI is InChI=1S/C17H20N2O5S2/c1-23-13-5-6-14(24-2)16(12-13)26(21,22)19-9-7-18(8-10-19)17(20)15-4-3-11-25-15/h3-6,11-12H,7-10H2,1-2H3. The number of thiophene rings is 1. The van der Waals surface area contributed by atoms with Crippen LogP contribution in [0.25, 0.3) is 0 Å². The van der Waals surface area contributed by atoms with Gasteiger partial charge in [-0.3, -0.25) is 4.79 Å². The molecule has 2 heterocycles. The van der Waals surface area contributed by atoms with Crippen LogP contribution in [-0.4, -0.2) is 63.9 Å². The van der Waals surface area contributed by atoms with Gasteiger partial charge in [-0.25, -0.2) is 8.42 Å². The van der Waals surface area contributed by atoms with E-state index in [2.05, 4.69) is 0 Å². The first-order chi connectivity index (χ1) is 12.5. The topological polar surface area (TPSA) is 76.2 Å². The van der Waals surface area contributed by atoms with Crippen LogP contribution in [-0.2, 0) is 10.0 Å². The highest BCUT2D eigenvalue weighted by molar-refractivity contribution is 7.89. The van der Waals surface area contributed by atoms with E-state index in [-0.39, 0.29) is 29.6 Å². The quantitative estimate of drug-likeness (QED) is 0.772. The summed E-state index contributed by atoms with van der Waals surface area (Å²) < 4.78 is 37.8. The summed E-state index contributed by atoms with van der Waals surface area (Å²) >= 11 is 1.38. The molecular weight excluding hydrogens is 376 g/mol. The Morgan fingerprint density at radius 1 is 1.08 bits per heavy atom. The first-order valence-electron chi connectivity index (χ1n) is 8.02. The van der Waals surface area contributed by atoms with Gasteiger partial charge in [0.15, 0.2) is 0 Å². The first kappa shape index (κ1) is 18.7. The Balaban J connectivity index is 1.77. The molecule has 1 aromatic heterocycles. The number of methoxy groups -OCH3 is 2. The Kier molecular flexibility index (Phi) is 5.49. The van der Waals surface area contributed by atoms with E-state index in [4.69, 9.17) is 9.47 Å². The Morgan fingerprint density at radius 2 is 1.81 bits per heavy atom. The highest BCUT2D eigenvalue weighted by atomic mass is 32.2. The molecule has 0 atom stereocenters. The lowest BCUT2D eigenvalue weighted by molar-refractivity contribution is 0.0702. The predicted octanol–water partition coefficient (Wildman–Crippen LogP) is 1.91. The summed E-state index contributed by atoms with van der Waals surface area (Å²) in [7, 11) is -0.839. The Bertz CT molecular complexity index is 873. The highest BCUT2D eigenvalue weighted by Crippen LogP contribution is 2.31. The van der Waals surface area contributed by atoms with Crippen LogP contribution in [0.1, 0.15) is 9.67 Å². The second-order valence-electron chi connectivity index (χ2n) is 5.69. The fraction of sp³-hybridized carbons (Fsp3) is 0.353. The van der Waals surface area contributed by atoms with E-state index < -0.39 is 10.0 Å². The lowest BCUT2D eigenvalue weighted by atomic mass is 10.3. The van der Waals surface area contributed by atoms with Crippen molar-refractivity contribution in [3.8, 4) is 11.5 Å². The molecule has 0 spiro atoms. The van der Waals surface area contributed by atoms with Gasteiger partial charge in [0.25, 0.3) is 5.91 Å². The average Bonchev–Trinajstić information content (AvgIpc) is 3.21. The number of carbonyl (C=O) groups excluding carboxylic acids is 1. The van der Waals surface area contributed by atoms with Gasteiger partial charge in [-0.15, -0.1) is 11.3 Å². The van der Waals surface area contributed by atoms with Gasteiger partial charge in [0.2, 0.25) is 10.0 Å². The number of hydrogen-bond acceptors (Lipinski definition) is 6. The van der Waals surface area contributed by atoms with Crippen molar-refractivity contribution in [1.29, 1.82) is 0 Å². The lowest BCUT2D eigenvalue weighted by Crippen LogP contribution is -2.50. The molecule has 3 rings (SSSR count). The molecule has 0 aliphatic carbocycles. The minimum Gasteiger partial charge on any atom is -0.497 e. The zero-order valence-electron chi connectivity index (χ0n) is 14.5. The molecule has 0 N–H and O–H groups in total. The number of carbonyl (C=O) groups is 1. The number of nitrogens with zero attached hydrogens (tertiary/aromatic N) is 2. The van der Waals surface area contributed by atoms with E-state index in [0.717, 1.165) is 0 Å². The number of amides is 1. The second kappa shape index (κ2) is 7.65. The van der Waals surface area contributed by atoms with Gasteiger partial charge < -0.3 is 14.4 Å². The van der Waals surface area contributed by atoms with Crippen molar-refractivity contribution < 1.29 is 22.7 Å². The molecule has 1 amide bonds. The molecule has 1 fully saturated rings. The van der Waals surface area contributed by atoms with Crippen LogP contribution in [0.3, 0.4) is 0 Å². The summed E-state index contributed by atoms with van der Waals surface area (Å²) in [5, 5.41) is 1.85. The summed E-state index contributed by atoms with van der Waals surface area (Å²) in [5.41, 5.74) is 0. The van der Waals surface area contributed by atoms with Crippen LogP contribution in [0.4, 0.5) is 0 Å². The molecule has 2 aromatic rings. The summed E-state index contributed by atoms with van der Waals surface area (Å²) in [6.45, 7) is 1.17. The second-order valence-corrected chi connectivity index (χ2v) is 8.54. The number of hydrogen-bond donors (Lipinski definition) is 0. The predicted molar refractivity (Wildman–Crippen MR) is 98.5 cm³/mol. The Labute approximate surface area is 156 Å². The third kappa shape index (κ3) is 3.55. The van der Waals surface area contributed by atoms with Gasteiger partial charge in [-0.1, -0.05) is 6.07 Å². The van der Waals surface area contributed by atoms with Crippen molar-refractivity contribution in [2.45, 2.75) is 4.90 Å². The van der Waals surface area contributed by atoms with Crippen molar-refractivity contribution in [3.63, 3.8) is 0 Å². The van der Waals surface area contributed by atoms with E-state index in [9.17, 15) is 13.2 Å². The fourth-order valence-corrected chi connectivity index (χ4v) is 5.10. The maximum absolute atomic E-state index is 13.0. The molecule has 1 saturated heterocycles. The van der Waals surface area contributed by atoms with E-state index in [1.807, 2.05) is 11.4 Å². The van der Waals surface area contributed by atoms with Crippen molar-refractivity contribution in [3.05, 3.63) is 40.6 Å². The fourth-order valence-electron chi connectivity index (χ4n) is 2.81. The molecule has 140 valence electrons. The minimum atomic E-state index is -3.75. The third-order valence-corrected chi connectivity index (χ3v) is 7.02.